The number of rotatable bonds is 2. The number of likely N-dealkylation sites (N-methyl/N-ethyl adjacent to an activating group) is 1. The Kier molecular flexibility index (Phi) is 3.43. The predicted octanol–water partition coefficient (Wildman–Crippen LogP) is 1.78. The third kappa shape index (κ3) is 2.47. The SMILES string of the molecule is CC(=O)c1cccc(F)c1N1CCN(C)CC1. The first-order valence-corrected chi connectivity index (χ1v) is 5.82. The van der Waals surface area contributed by atoms with E-state index in [0.717, 1.165) is 26.2 Å². The van der Waals surface area contributed by atoms with Crippen LogP contribution in [0.2, 0.25) is 0 Å². The van der Waals surface area contributed by atoms with Crippen molar-refractivity contribution in [2.45, 2.75) is 6.92 Å². The van der Waals surface area contributed by atoms with Crippen molar-refractivity contribution in [1.29, 1.82) is 0 Å². The summed E-state index contributed by atoms with van der Waals surface area (Å²) in [4.78, 5) is 15.7. The molecule has 92 valence electrons. The molecule has 1 saturated heterocycles. The van der Waals surface area contributed by atoms with E-state index in [4.69, 9.17) is 0 Å². The first kappa shape index (κ1) is 12.0. The Balaban J connectivity index is 2.33. The molecule has 0 aliphatic carbocycles. The van der Waals surface area contributed by atoms with Crippen LogP contribution in [-0.2, 0) is 0 Å². The second kappa shape index (κ2) is 4.84. The molecule has 3 nitrogen and oxygen atoms in total. The fourth-order valence-corrected chi connectivity index (χ4v) is 2.15. The Morgan fingerprint density at radius 3 is 2.47 bits per heavy atom. The van der Waals surface area contributed by atoms with Gasteiger partial charge in [-0.1, -0.05) is 6.07 Å². The Hall–Kier alpha value is -1.42. The molecule has 2 rings (SSSR count). The summed E-state index contributed by atoms with van der Waals surface area (Å²) in [5, 5.41) is 0. The molecule has 0 saturated carbocycles. The lowest BCUT2D eigenvalue weighted by Crippen LogP contribution is -2.45. The monoisotopic (exact) mass is 236 g/mol. The number of ketones is 1. The molecule has 17 heavy (non-hydrogen) atoms. The second-order valence-corrected chi connectivity index (χ2v) is 4.48. The molecule has 0 bridgehead atoms. The van der Waals surface area contributed by atoms with Crippen molar-refractivity contribution in [1.82, 2.24) is 4.90 Å². The first-order chi connectivity index (χ1) is 8.09. The minimum Gasteiger partial charge on any atom is -0.366 e. The molecule has 0 amide bonds. The zero-order chi connectivity index (χ0) is 12.4. The van der Waals surface area contributed by atoms with Gasteiger partial charge in [0.05, 0.1) is 5.69 Å². The summed E-state index contributed by atoms with van der Waals surface area (Å²) in [6.45, 7) is 4.79. The topological polar surface area (TPSA) is 23.6 Å². The van der Waals surface area contributed by atoms with Gasteiger partial charge < -0.3 is 9.80 Å². The summed E-state index contributed by atoms with van der Waals surface area (Å²) >= 11 is 0. The third-order valence-electron chi connectivity index (χ3n) is 3.19. The number of halogens is 1. The van der Waals surface area contributed by atoms with E-state index in [1.54, 1.807) is 12.1 Å². The van der Waals surface area contributed by atoms with E-state index in [1.165, 1.54) is 13.0 Å². The summed E-state index contributed by atoms with van der Waals surface area (Å²) < 4.78 is 13.9. The molecule has 0 atom stereocenters. The molecule has 0 unspecified atom stereocenters. The highest BCUT2D eigenvalue weighted by Gasteiger charge is 2.21. The fourth-order valence-electron chi connectivity index (χ4n) is 2.15. The highest BCUT2D eigenvalue weighted by Crippen LogP contribution is 2.25. The van der Waals surface area contributed by atoms with E-state index < -0.39 is 0 Å². The van der Waals surface area contributed by atoms with Gasteiger partial charge in [0.25, 0.3) is 0 Å². The van der Waals surface area contributed by atoms with E-state index >= 15 is 0 Å². The maximum atomic E-state index is 13.9. The lowest BCUT2D eigenvalue weighted by molar-refractivity contribution is 0.101. The largest absolute Gasteiger partial charge is 0.366 e. The Morgan fingerprint density at radius 1 is 1.24 bits per heavy atom. The Bertz CT molecular complexity index is 425. The van der Waals surface area contributed by atoms with Crippen LogP contribution in [0.1, 0.15) is 17.3 Å². The summed E-state index contributed by atoms with van der Waals surface area (Å²) in [6.07, 6.45) is 0. The number of piperazine rings is 1. The van der Waals surface area contributed by atoms with Crippen molar-refractivity contribution in [2.24, 2.45) is 0 Å². The van der Waals surface area contributed by atoms with Gasteiger partial charge >= 0.3 is 0 Å². The van der Waals surface area contributed by atoms with E-state index in [0.29, 0.717) is 11.3 Å². The van der Waals surface area contributed by atoms with Crippen molar-refractivity contribution in [3.8, 4) is 0 Å². The van der Waals surface area contributed by atoms with Crippen LogP contribution in [0.15, 0.2) is 18.2 Å². The lowest BCUT2D eigenvalue weighted by Gasteiger charge is -2.35. The number of nitrogens with zero attached hydrogens (tertiary/aromatic N) is 2. The van der Waals surface area contributed by atoms with Crippen LogP contribution in [0.5, 0.6) is 0 Å². The van der Waals surface area contributed by atoms with Gasteiger partial charge in [0.2, 0.25) is 0 Å². The standard InChI is InChI=1S/C13H17FN2O/c1-10(17)11-4-3-5-12(14)13(11)16-8-6-15(2)7-9-16/h3-5H,6-9H2,1-2H3. The zero-order valence-electron chi connectivity index (χ0n) is 10.2. The number of Topliss-reactive ketones (excluding diaryl/α,β-unsaturated/α-hetero) is 1. The van der Waals surface area contributed by atoms with Crippen LogP contribution in [0.4, 0.5) is 10.1 Å². The molecule has 1 heterocycles. The smallest absolute Gasteiger partial charge is 0.161 e. The fraction of sp³-hybridized carbons (Fsp3) is 0.462. The quantitative estimate of drug-likeness (QED) is 0.731. The normalized spacial score (nSPS) is 17.2. The molecule has 1 aromatic carbocycles. The Labute approximate surface area is 101 Å². The molecule has 1 fully saturated rings. The molecule has 1 aromatic rings. The summed E-state index contributed by atoms with van der Waals surface area (Å²) in [7, 11) is 2.05. The van der Waals surface area contributed by atoms with Crippen LogP contribution in [-0.4, -0.2) is 43.9 Å². The van der Waals surface area contributed by atoms with Gasteiger partial charge in [0.1, 0.15) is 5.82 Å². The number of hydrogen-bond acceptors (Lipinski definition) is 3. The van der Waals surface area contributed by atoms with Crippen LogP contribution < -0.4 is 4.90 Å². The van der Waals surface area contributed by atoms with E-state index in [9.17, 15) is 9.18 Å². The van der Waals surface area contributed by atoms with E-state index in [2.05, 4.69) is 4.90 Å². The maximum Gasteiger partial charge on any atom is 0.161 e. The number of anilines is 1. The second-order valence-electron chi connectivity index (χ2n) is 4.48. The first-order valence-electron chi connectivity index (χ1n) is 5.82. The van der Waals surface area contributed by atoms with Crippen LogP contribution in [0.3, 0.4) is 0 Å². The molecular weight excluding hydrogens is 219 g/mol. The average Bonchev–Trinajstić information content (AvgIpc) is 2.30. The van der Waals surface area contributed by atoms with Gasteiger partial charge in [-0.3, -0.25) is 4.79 Å². The molecule has 0 spiro atoms. The van der Waals surface area contributed by atoms with Crippen LogP contribution >= 0.6 is 0 Å². The van der Waals surface area contributed by atoms with Gasteiger partial charge in [-0.15, -0.1) is 0 Å². The van der Waals surface area contributed by atoms with Crippen molar-refractivity contribution >= 4 is 11.5 Å². The third-order valence-corrected chi connectivity index (χ3v) is 3.19. The minimum absolute atomic E-state index is 0.0848. The predicted molar refractivity (Wildman–Crippen MR) is 66.1 cm³/mol. The van der Waals surface area contributed by atoms with Gasteiger partial charge in [-0.05, 0) is 26.1 Å². The summed E-state index contributed by atoms with van der Waals surface area (Å²) in [6, 6.07) is 4.70. The maximum absolute atomic E-state index is 13.9. The van der Waals surface area contributed by atoms with Crippen LogP contribution in [0, 0.1) is 5.82 Å². The Morgan fingerprint density at radius 2 is 1.88 bits per heavy atom. The number of carbonyl (C=O) groups excluding carboxylic acids is 1. The lowest BCUT2D eigenvalue weighted by atomic mass is 10.1. The molecular formula is C13H17FN2O. The van der Waals surface area contributed by atoms with Crippen LogP contribution in [0.25, 0.3) is 0 Å². The van der Waals surface area contributed by atoms with Gasteiger partial charge in [-0.25, -0.2) is 4.39 Å². The number of hydrogen-bond donors (Lipinski definition) is 0. The van der Waals surface area contributed by atoms with Crippen molar-refractivity contribution in [3.63, 3.8) is 0 Å². The van der Waals surface area contributed by atoms with E-state index in [-0.39, 0.29) is 11.6 Å². The number of carbonyl (C=O) groups is 1. The number of benzene rings is 1. The van der Waals surface area contributed by atoms with Gasteiger partial charge in [0.15, 0.2) is 5.78 Å². The van der Waals surface area contributed by atoms with E-state index in [1.807, 2.05) is 11.9 Å². The number of para-hydroxylation sites is 1. The van der Waals surface area contributed by atoms with Crippen molar-refractivity contribution in [3.05, 3.63) is 29.6 Å². The highest BCUT2D eigenvalue weighted by molar-refractivity contribution is 5.99. The average molecular weight is 236 g/mol. The minimum atomic E-state index is -0.303. The summed E-state index contributed by atoms with van der Waals surface area (Å²) in [5.41, 5.74) is 0.947. The molecule has 4 heteroatoms. The van der Waals surface area contributed by atoms with Crippen molar-refractivity contribution in [2.75, 3.05) is 38.1 Å². The summed E-state index contributed by atoms with van der Waals surface area (Å²) in [5.74, 6) is -0.388. The molecule has 0 N–H and O–H groups in total. The molecule has 0 aromatic heterocycles. The zero-order valence-corrected chi connectivity index (χ0v) is 10.2. The van der Waals surface area contributed by atoms with Crippen molar-refractivity contribution < 1.29 is 9.18 Å². The van der Waals surface area contributed by atoms with Gasteiger partial charge in [-0.2, -0.15) is 0 Å². The molecule has 0 radical (unpaired) electrons. The highest BCUT2D eigenvalue weighted by atomic mass is 19.1. The molecule has 1 aliphatic heterocycles. The molecule has 1 aliphatic rings. The van der Waals surface area contributed by atoms with Gasteiger partial charge in [0, 0.05) is 31.7 Å².